The standard InChI is InChI=1S/C14H20N4OS/c1-2-15-11-7-5-3-4-6-10(11)14-17-13(18-19-14)12-8-20-9-16-12/h8-11,15H,2-7H2,1H3. The monoisotopic (exact) mass is 292 g/mol. The Hall–Kier alpha value is -1.27. The van der Waals surface area contributed by atoms with E-state index in [4.69, 9.17) is 4.52 Å². The molecule has 1 N–H and O–H groups in total. The number of nitrogens with one attached hydrogen (secondary N) is 1. The van der Waals surface area contributed by atoms with Gasteiger partial charge in [0.05, 0.1) is 11.4 Å². The van der Waals surface area contributed by atoms with Crippen LogP contribution in [-0.2, 0) is 0 Å². The third-order valence-corrected chi connectivity index (χ3v) is 4.49. The van der Waals surface area contributed by atoms with Crippen LogP contribution >= 0.6 is 11.3 Å². The second kappa shape index (κ2) is 6.45. The molecule has 1 fully saturated rings. The zero-order chi connectivity index (χ0) is 13.8. The number of hydrogen-bond acceptors (Lipinski definition) is 6. The van der Waals surface area contributed by atoms with Gasteiger partial charge in [-0.15, -0.1) is 11.3 Å². The number of hydrogen-bond donors (Lipinski definition) is 1. The van der Waals surface area contributed by atoms with Crippen LogP contribution in [0.15, 0.2) is 15.4 Å². The predicted octanol–water partition coefficient (Wildman–Crippen LogP) is 3.22. The zero-order valence-corrected chi connectivity index (χ0v) is 12.5. The van der Waals surface area contributed by atoms with Gasteiger partial charge in [0.2, 0.25) is 11.7 Å². The Morgan fingerprint density at radius 2 is 2.25 bits per heavy atom. The fraction of sp³-hybridized carbons (Fsp3) is 0.643. The molecule has 0 aliphatic heterocycles. The van der Waals surface area contributed by atoms with Crippen molar-refractivity contribution in [2.24, 2.45) is 0 Å². The minimum Gasteiger partial charge on any atom is -0.339 e. The molecule has 0 amide bonds. The first-order valence-corrected chi connectivity index (χ1v) is 8.28. The molecule has 5 nitrogen and oxygen atoms in total. The highest BCUT2D eigenvalue weighted by molar-refractivity contribution is 7.07. The molecular formula is C14H20N4OS. The second-order valence-electron chi connectivity index (χ2n) is 5.24. The molecular weight excluding hydrogens is 272 g/mol. The SMILES string of the molecule is CCNC1CCCCCC1c1nc(-c2cscn2)no1. The molecule has 20 heavy (non-hydrogen) atoms. The summed E-state index contributed by atoms with van der Waals surface area (Å²) in [7, 11) is 0. The Morgan fingerprint density at radius 3 is 3.05 bits per heavy atom. The van der Waals surface area contributed by atoms with Crippen LogP contribution in [0.4, 0.5) is 0 Å². The molecule has 0 spiro atoms. The predicted molar refractivity (Wildman–Crippen MR) is 78.7 cm³/mol. The van der Waals surface area contributed by atoms with E-state index in [1.807, 2.05) is 5.38 Å². The van der Waals surface area contributed by atoms with Crippen molar-refractivity contribution in [3.8, 4) is 11.5 Å². The van der Waals surface area contributed by atoms with Crippen molar-refractivity contribution in [1.29, 1.82) is 0 Å². The van der Waals surface area contributed by atoms with Crippen LogP contribution in [0, 0.1) is 0 Å². The maximum Gasteiger partial charge on any atom is 0.231 e. The van der Waals surface area contributed by atoms with Gasteiger partial charge >= 0.3 is 0 Å². The van der Waals surface area contributed by atoms with Gasteiger partial charge in [-0.3, -0.25) is 0 Å². The number of thiazole rings is 1. The van der Waals surface area contributed by atoms with Crippen LogP contribution in [0.25, 0.3) is 11.5 Å². The number of likely N-dealkylation sites (N-methyl/N-ethyl adjacent to an activating group) is 1. The molecule has 0 bridgehead atoms. The van der Waals surface area contributed by atoms with Gasteiger partial charge in [-0.25, -0.2) is 4.98 Å². The maximum absolute atomic E-state index is 5.52. The molecule has 1 saturated carbocycles. The Kier molecular flexibility index (Phi) is 4.42. The first kappa shape index (κ1) is 13.7. The Morgan fingerprint density at radius 1 is 1.35 bits per heavy atom. The summed E-state index contributed by atoms with van der Waals surface area (Å²) in [5, 5.41) is 9.61. The summed E-state index contributed by atoms with van der Waals surface area (Å²) in [5.41, 5.74) is 2.59. The van der Waals surface area contributed by atoms with Gasteiger partial charge in [-0.1, -0.05) is 31.3 Å². The van der Waals surface area contributed by atoms with Crippen LogP contribution in [0.5, 0.6) is 0 Å². The molecule has 1 aliphatic carbocycles. The highest BCUT2D eigenvalue weighted by Crippen LogP contribution is 2.32. The molecule has 1 aliphatic rings. The summed E-state index contributed by atoms with van der Waals surface area (Å²) in [6.45, 7) is 3.13. The van der Waals surface area contributed by atoms with E-state index >= 15 is 0 Å². The first-order valence-electron chi connectivity index (χ1n) is 7.34. The highest BCUT2D eigenvalue weighted by atomic mass is 32.1. The lowest BCUT2D eigenvalue weighted by Gasteiger charge is -2.22. The van der Waals surface area contributed by atoms with Crippen molar-refractivity contribution in [2.45, 2.75) is 51.0 Å². The van der Waals surface area contributed by atoms with Gasteiger partial charge in [0.15, 0.2) is 0 Å². The van der Waals surface area contributed by atoms with Crippen molar-refractivity contribution < 1.29 is 4.52 Å². The molecule has 0 saturated heterocycles. The largest absolute Gasteiger partial charge is 0.339 e. The van der Waals surface area contributed by atoms with Gasteiger partial charge in [-0.05, 0) is 19.4 Å². The lowest BCUT2D eigenvalue weighted by Crippen LogP contribution is -2.34. The van der Waals surface area contributed by atoms with E-state index in [-0.39, 0.29) is 0 Å². The summed E-state index contributed by atoms with van der Waals surface area (Å²) in [6, 6.07) is 0.450. The van der Waals surface area contributed by atoms with Gasteiger partial charge in [0.1, 0.15) is 5.69 Å². The molecule has 108 valence electrons. The van der Waals surface area contributed by atoms with Crippen molar-refractivity contribution in [1.82, 2.24) is 20.4 Å². The number of aromatic nitrogens is 3. The normalized spacial score (nSPS) is 23.6. The fourth-order valence-electron chi connectivity index (χ4n) is 2.92. The number of rotatable bonds is 4. The number of nitrogens with zero attached hydrogens (tertiary/aromatic N) is 3. The van der Waals surface area contributed by atoms with E-state index in [9.17, 15) is 0 Å². The smallest absolute Gasteiger partial charge is 0.231 e. The van der Waals surface area contributed by atoms with E-state index in [1.54, 1.807) is 16.8 Å². The summed E-state index contributed by atoms with van der Waals surface area (Å²) in [5.74, 6) is 1.71. The third kappa shape index (κ3) is 2.91. The van der Waals surface area contributed by atoms with E-state index in [0.29, 0.717) is 17.8 Å². The molecule has 2 atom stereocenters. The topological polar surface area (TPSA) is 63.8 Å². The van der Waals surface area contributed by atoms with Gasteiger partial charge in [0, 0.05) is 11.4 Å². The Labute approximate surface area is 122 Å². The molecule has 2 heterocycles. The second-order valence-corrected chi connectivity index (χ2v) is 5.96. The minimum atomic E-state index is 0.331. The van der Waals surface area contributed by atoms with Gasteiger partial charge < -0.3 is 9.84 Å². The summed E-state index contributed by atoms with van der Waals surface area (Å²) < 4.78 is 5.52. The van der Waals surface area contributed by atoms with Gasteiger partial charge in [-0.2, -0.15) is 4.98 Å². The lowest BCUT2D eigenvalue weighted by atomic mass is 9.94. The summed E-state index contributed by atoms with van der Waals surface area (Å²) >= 11 is 1.55. The average Bonchev–Trinajstić information content (AvgIpc) is 3.09. The molecule has 0 aromatic carbocycles. The zero-order valence-electron chi connectivity index (χ0n) is 11.7. The fourth-order valence-corrected chi connectivity index (χ4v) is 3.45. The third-order valence-electron chi connectivity index (χ3n) is 3.90. The van der Waals surface area contributed by atoms with Crippen molar-refractivity contribution in [3.63, 3.8) is 0 Å². The van der Waals surface area contributed by atoms with Crippen molar-refractivity contribution in [2.75, 3.05) is 6.54 Å². The van der Waals surface area contributed by atoms with E-state index < -0.39 is 0 Å². The summed E-state index contributed by atoms with van der Waals surface area (Å²) in [4.78, 5) is 8.81. The quantitative estimate of drug-likeness (QED) is 0.877. The molecule has 2 unspecified atom stereocenters. The van der Waals surface area contributed by atoms with E-state index in [0.717, 1.165) is 24.6 Å². The molecule has 2 aromatic rings. The van der Waals surface area contributed by atoms with E-state index in [2.05, 4.69) is 27.4 Å². The Balaban J connectivity index is 1.82. The van der Waals surface area contributed by atoms with Crippen molar-refractivity contribution >= 4 is 11.3 Å². The molecule has 3 rings (SSSR count). The molecule has 0 radical (unpaired) electrons. The van der Waals surface area contributed by atoms with Crippen LogP contribution in [0.2, 0.25) is 0 Å². The highest BCUT2D eigenvalue weighted by Gasteiger charge is 2.29. The van der Waals surface area contributed by atoms with Crippen LogP contribution in [0.1, 0.15) is 50.8 Å². The van der Waals surface area contributed by atoms with Crippen LogP contribution in [-0.4, -0.2) is 27.7 Å². The lowest BCUT2D eigenvalue weighted by molar-refractivity contribution is 0.306. The Bertz CT molecular complexity index is 525. The molecule has 6 heteroatoms. The van der Waals surface area contributed by atoms with Crippen molar-refractivity contribution in [3.05, 3.63) is 16.8 Å². The van der Waals surface area contributed by atoms with Crippen LogP contribution < -0.4 is 5.32 Å². The molecule has 2 aromatic heterocycles. The van der Waals surface area contributed by atoms with Gasteiger partial charge in [0.25, 0.3) is 0 Å². The summed E-state index contributed by atoms with van der Waals surface area (Å²) in [6.07, 6.45) is 6.12. The minimum absolute atomic E-state index is 0.331. The first-order chi connectivity index (χ1) is 9.88. The average molecular weight is 292 g/mol. The van der Waals surface area contributed by atoms with Crippen LogP contribution in [0.3, 0.4) is 0 Å². The maximum atomic E-state index is 5.52. The van der Waals surface area contributed by atoms with E-state index in [1.165, 1.54) is 25.7 Å².